The molecular weight excluding hydrogens is 453 g/mol. The van der Waals surface area contributed by atoms with Gasteiger partial charge in [-0.15, -0.1) is 0 Å². The number of anilines is 1. The van der Waals surface area contributed by atoms with Gasteiger partial charge in [0.2, 0.25) is 0 Å². The molecule has 0 saturated carbocycles. The minimum Gasteiger partial charge on any atom is -0.364 e. The van der Waals surface area contributed by atoms with E-state index in [2.05, 4.69) is 10.3 Å². The van der Waals surface area contributed by atoms with Crippen LogP contribution in [-0.2, 0) is 12.8 Å². The number of hydrogen-bond acceptors (Lipinski definition) is 3. The lowest BCUT2D eigenvalue weighted by Crippen LogP contribution is -2.47. The van der Waals surface area contributed by atoms with Gasteiger partial charge >= 0.3 is 0 Å². The van der Waals surface area contributed by atoms with Gasteiger partial charge in [0, 0.05) is 18.2 Å². The van der Waals surface area contributed by atoms with E-state index >= 15 is 0 Å². The molecule has 0 aliphatic carbocycles. The molecule has 1 N–H and O–H groups in total. The van der Waals surface area contributed by atoms with Crippen LogP contribution < -0.4 is 10.2 Å². The molecule has 0 spiro atoms. The summed E-state index contributed by atoms with van der Waals surface area (Å²) in [5.74, 6) is -3.90. The molecule has 2 aromatic carbocycles. The molecule has 3 aromatic rings. The maximum absolute atomic E-state index is 14.6. The normalized spacial score (nSPS) is 13.5. The number of nitrogens with one attached hydrogen (secondary N) is 1. The average Bonchev–Trinajstić information content (AvgIpc) is 2.74. The number of aromatic nitrogens is 1. The van der Waals surface area contributed by atoms with Crippen molar-refractivity contribution in [3.63, 3.8) is 0 Å². The fourth-order valence-corrected chi connectivity index (χ4v) is 4.08. The second kappa shape index (κ2) is 9.24. The summed E-state index contributed by atoms with van der Waals surface area (Å²) in [5.41, 5.74) is 3.23. The summed E-state index contributed by atoms with van der Waals surface area (Å²) in [6.07, 6.45) is 1.63. The second-order valence-electron chi connectivity index (χ2n) is 8.83. The zero-order valence-electron chi connectivity index (χ0n) is 19.2. The van der Waals surface area contributed by atoms with Crippen LogP contribution in [0.3, 0.4) is 0 Å². The number of nitrogens with zero attached hydrogens (tertiary/aromatic N) is 2. The number of rotatable bonds is 5. The van der Waals surface area contributed by atoms with E-state index in [1.54, 1.807) is 12.1 Å². The topological polar surface area (TPSA) is 62.3 Å². The summed E-state index contributed by atoms with van der Waals surface area (Å²) < 4.78 is 42.2. The van der Waals surface area contributed by atoms with Gasteiger partial charge in [0.05, 0.1) is 27.5 Å². The first-order chi connectivity index (χ1) is 16.4. The number of carbonyl (C=O) groups excluding carboxylic acids is 2. The third-order valence-electron chi connectivity index (χ3n) is 5.74. The van der Waals surface area contributed by atoms with E-state index in [4.69, 9.17) is 15.7 Å². The zero-order chi connectivity index (χ0) is 25.5. The fraction of sp³-hybridized carbons (Fsp3) is 0.240. The van der Waals surface area contributed by atoms with Crippen LogP contribution in [-0.4, -0.2) is 44.4 Å². The lowest BCUT2D eigenvalue weighted by atomic mass is 9.63. The third kappa shape index (κ3) is 5.26. The quantitative estimate of drug-likeness (QED) is 0.579. The van der Waals surface area contributed by atoms with Crippen LogP contribution in [0.25, 0.3) is 0 Å². The number of pyridine rings is 1. The van der Waals surface area contributed by atoms with Crippen molar-refractivity contribution in [2.75, 3.05) is 11.4 Å². The van der Waals surface area contributed by atoms with Gasteiger partial charge in [0.25, 0.3) is 11.8 Å². The SMILES string of the molecule is [B]C([B])(C)NC(=O)c1ccc(Cc2cc3c(cc2C)CCN(c2ncc(F)cc2F)C3=O)cc1F. The van der Waals surface area contributed by atoms with Crippen molar-refractivity contribution in [3.8, 4) is 0 Å². The molecule has 35 heavy (non-hydrogen) atoms. The smallest absolute Gasteiger partial charge is 0.259 e. The van der Waals surface area contributed by atoms with Gasteiger partial charge in [-0.2, -0.15) is 0 Å². The van der Waals surface area contributed by atoms with Crippen LogP contribution in [0, 0.1) is 24.4 Å². The van der Waals surface area contributed by atoms with E-state index in [0.29, 0.717) is 30.0 Å². The summed E-state index contributed by atoms with van der Waals surface area (Å²) in [6, 6.07) is 8.46. The molecule has 1 aliphatic heterocycles. The van der Waals surface area contributed by atoms with Gasteiger partial charge in [-0.25, -0.2) is 18.2 Å². The van der Waals surface area contributed by atoms with Crippen LogP contribution >= 0.6 is 0 Å². The Morgan fingerprint density at radius 2 is 1.89 bits per heavy atom. The molecule has 1 aliphatic rings. The Morgan fingerprint density at radius 1 is 1.14 bits per heavy atom. The molecule has 4 rings (SSSR count). The highest BCUT2D eigenvalue weighted by Gasteiger charge is 2.29. The molecule has 0 atom stereocenters. The van der Waals surface area contributed by atoms with Gasteiger partial charge < -0.3 is 5.32 Å². The summed E-state index contributed by atoms with van der Waals surface area (Å²) in [4.78, 5) is 30.3. The summed E-state index contributed by atoms with van der Waals surface area (Å²) in [5, 5.41) is 0.809. The maximum atomic E-state index is 14.6. The Morgan fingerprint density at radius 3 is 2.54 bits per heavy atom. The minimum atomic E-state index is -1.49. The Labute approximate surface area is 203 Å². The van der Waals surface area contributed by atoms with Crippen molar-refractivity contribution in [2.45, 2.75) is 32.0 Å². The van der Waals surface area contributed by atoms with Crippen LogP contribution in [0.2, 0.25) is 0 Å². The molecule has 2 amide bonds. The number of amides is 2. The van der Waals surface area contributed by atoms with Crippen LogP contribution in [0.15, 0.2) is 42.6 Å². The molecule has 0 fully saturated rings. The minimum absolute atomic E-state index is 0.197. The first-order valence-corrected chi connectivity index (χ1v) is 10.9. The lowest BCUT2D eigenvalue weighted by molar-refractivity contribution is 0.0939. The van der Waals surface area contributed by atoms with Crippen molar-refractivity contribution in [2.24, 2.45) is 0 Å². The maximum Gasteiger partial charge on any atom is 0.259 e. The molecule has 4 radical (unpaired) electrons. The summed E-state index contributed by atoms with van der Waals surface area (Å²) in [6.45, 7) is 3.47. The third-order valence-corrected chi connectivity index (χ3v) is 5.74. The number of benzene rings is 2. The predicted molar refractivity (Wildman–Crippen MR) is 127 cm³/mol. The van der Waals surface area contributed by atoms with E-state index in [1.165, 1.54) is 24.0 Å². The highest BCUT2D eigenvalue weighted by atomic mass is 19.1. The first-order valence-electron chi connectivity index (χ1n) is 10.9. The summed E-state index contributed by atoms with van der Waals surface area (Å²) in [7, 11) is 11.1. The molecule has 5 nitrogen and oxygen atoms in total. The standard InChI is InChI=1S/C25H20B2F3N3O2/c1-13-7-15-5-6-33(22-21(30)11-17(28)12-31-22)24(35)19(15)10-16(13)8-14-3-4-18(20(29)9-14)23(34)32-25(2,26)27/h3-4,7,9-12H,5-6,8H2,1-2H3,(H,32,34). The van der Waals surface area contributed by atoms with E-state index in [0.717, 1.165) is 22.9 Å². The van der Waals surface area contributed by atoms with E-state index < -0.39 is 34.6 Å². The number of halogens is 3. The number of carbonyl (C=O) groups is 2. The molecule has 174 valence electrons. The van der Waals surface area contributed by atoms with Crippen LogP contribution in [0.1, 0.15) is 49.9 Å². The fourth-order valence-electron chi connectivity index (χ4n) is 4.08. The van der Waals surface area contributed by atoms with Crippen molar-refractivity contribution in [1.82, 2.24) is 10.3 Å². The van der Waals surface area contributed by atoms with Crippen LogP contribution in [0.5, 0.6) is 0 Å². The second-order valence-corrected chi connectivity index (χ2v) is 8.83. The van der Waals surface area contributed by atoms with Crippen LogP contribution in [0.4, 0.5) is 19.0 Å². The van der Waals surface area contributed by atoms with E-state index in [-0.39, 0.29) is 17.9 Å². The highest BCUT2D eigenvalue weighted by molar-refractivity contribution is 6.40. The Bertz CT molecular complexity index is 1340. The van der Waals surface area contributed by atoms with Gasteiger partial charge in [-0.1, -0.05) is 19.1 Å². The van der Waals surface area contributed by atoms with E-state index in [9.17, 15) is 22.8 Å². The highest BCUT2D eigenvalue weighted by Crippen LogP contribution is 2.29. The molecule has 1 aromatic heterocycles. The van der Waals surface area contributed by atoms with Gasteiger partial charge in [-0.3, -0.25) is 14.5 Å². The number of fused-ring (bicyclic) bond motifs is 1. The Balaban J connectivity index is 1.60. The molecule has 0 unspecified atom stereocenters. The largest absolute Gasteiger partial charge is 0.364 e. The lowest BCUT2D eigenvalue weighted by Gasteiger charge is -2.29. The van der Waals surface area contributed by atoms with E-state index in [1.807, 2.05) is 13.0 Å². The molecular formula is C25H20B2F3N3O2. The number of aryl methyl sites for hydroxylation is 1. The van der Waals surface area contributed by atoms with Gasteiger partial charge in [-0.05, 0) is 65.6 Å². The summed E-state index contributed by atoms with van der Waals surface area (Å²) >= 11 is 0. The van der Waals surface area contributed by atoms with Gasteiger partial charge in [0.1, 0.15) is 11.6 Å². The van der Waals surface area contributed by atoms with Crippen molar-refractivity contribution >= 4 is 33.3 Å². The molecule has 10 heteroatoms. The average molecular weight is 473 g/mol. The molecule has 2 heterocycles. The number of hydrogen-bond donors (Lipinski definition) is 1. The monoisotopic (exact) mass is 473 g/mol. The molecule has 0 bridgehead atoms. The van der Waals surface area contributed by atoms with Crippen molar-refractivity contribution in [1.29, 1.82) is 0 Å². The van der Waals surface area contributed by atoms with Gasteiger partial charge in [0.15, 0.2) is 11.6 Å². The zero-order valence-corrected chi connectivity index (χ0v) is 19.2. The first kappa shape index (κ1) is 24.6. The van der Waals surface area contributed by atoms with Crippen molar-refractivity contribution in [3.05, 3.63) is 93.4 Å². The Kier molecular flexibility index (Phi) is 6.49. The molecule has 0 saturated heterocycles. The predicted octanol–water partition coefficient (Wildman–Crippen LogP) is 3.34. The Hall–Kier alpha value is -3.55. The van der Waals surface area contributed by atoms with Crippen molar-refractivity contribution < 1.29 is 22.8 Å².